The Morgan fingerprint density at radius 3 is 2.67 bits per heavy atom. The second kappa shape index (κ2) is 11.0. The molecule has 6 heteroatoms. The molecule has 2 saturated heterocycles. The zero-order valence-electron chi connectivity index (χ0n) is 17.1. The molecule has 3 rings (SSSR count). The van der Waals surface area contributed by atoms with Crippen LogP contribution in [0.3, 0.4) is 0 Å². The highest BCUT2D eigenvalue weighted by Gasteiger charge is 2.24. The van der Waals surface area contributed by atoms with Crippen LogP contribution in [0.4, 0.5) is 0 Å². The standard InChI is InChI=1S/C21H37N5S/c1-3-22-21(23-11-8-18-9-14-25(2)15-10-18)24-17-19(20-7-6-16-27-20)26-12-4-5-13-26/h6-7,16,18-19H,3-5,8-15,17H2,1-2H3,(H2,22,23,24). The van der Waals surface area contributed by atoms with Crippen LogP contribution in [0, 0.1) is 5.92 Å². The van der Waals surface area contributed by atoms with Crippen molar-refractivity contribution in [1.29, 1.82) is 0 Å². The molecule has 27 heavy (non-hydrogen) atoms. The van der Waals surface area contributed by atoms with Crippen molar-refractivity contribution < 1.29 is 0 Å². The number of nitrogens with one attached hydrogen (secondary N) is 2. The zero-order valence-corrected chi connectivity index (χ0v) is 17.9. The van der Waals surface area contributed by atoms with Gasteiger partial charge in [-0.3, -0.25) is 9.89 Å². The molecule has 5 nitrogen and oxygen atoms in total. The van der Waals surface area contributed by atoms with Crippen LogP contribution in [0.25, 0.3) is 0 Å². The third-order valence-electron chi connectivity index (χ3n) is 5.90. The molecule has 152 valence electrons. The number of piperidine rings is 1. The summed E-state index contributed by atoms with van der Waals surface area (Å²) in [6.07, 6.45) is 6.56. The Morgan fingerprint density at radius 1 is 1.22 bits per heavy atom. The summed E-state index contributed by atoms with van der Waals surface area (Å²) in [4.78, 5) is 11.5. The van der Waals surface area contributed by atoms with E-state index in [4.69, 9.17) is 4.99 Å². The molecule has 0 aliphatic carbocycles. The van der Waals surface area contributed by atoms with Crippen LogP contribution >= 0.6 is 11.3 Å². The molecule has 2 aliphatic rings. The molecule has 0 amide bonds. The van der Waals surface area contributed by atoms with Gasteiger partial charge in [0, 0.05) is 18.0 Å². The van der Waals surface area contributed by atoms with Crippen LogP contribution in [-0.2, 0) is 0 Å². The third-order valence-corrected chi connectivity index (χ3v) is 6.88. The molecule has 2 fully saturated rings. The first-order valence-corrected chi connectivity index (χ1v) is 11.6. The minimum atomic E-state index is 0.428. The largest absolute Gasteiger partial charge is 0.357 e. The topological polar surface area (TPSA) is 42.9 Å². The third kappa shape index (κ3) is 6.47. The molecule has 2 N–H and O–H groups in total. The van der Waals surface area contributed by atoms with E-state index in [-0.39, 0.29) is 0 Å². The van der Waals surface area contributed by atoms with E-state index in [1.54, 1.807) is 0 Å². The van der Waals surface area contributed by atoms with Gasteiger partial charge in [-0.15, -0.1) is 11.3 Å². The van der Waals surface area contributed by atoms with Gasteiger partial charge in [-0.2, -0.15) is 0 Å². The Balaban J connectivity index is 1.51. The maximum Gasteiger partial charge on any atom is 0.191 e. The van der Waals surface area contributed by atoms with Crippen LogP contribution in [0.2, 0.25) is 0 Å². The van der Waals surface area contributed by atoms with E-state index in [9.17, 15) is 0 Å². The lowest BCUT2D eigenvalue weighted by atomic mass is 9.94. The predicted molar refractivity (Wildman–Crippen MR) is 117 cm³/mol. The van der Waals surface area contributed by atoms with E-state index in [2.05, 4.69) is 51.9 Å². The number of guanidine groups is 1. The first kappa shape index (κ1) is 20.6. The van der Waals surface area contributed by atoms with Crippen LogP contribution in [0.1, 0.15) is 49.9 Å². The second-order valence-electron chi connectivity index (χ2n) is 7.96. The van der Waals surface area contributed by atoms with Gasteiger partial charge in [-0.25, -0.2) is 0 Å². The molecule has 1 aromatic heterocycles. The number of nitrogens with zero attached hydrogens (tertiary/aromatic N) is 3. The molecule has 0 spiro atoms. The highest BCUT2D eigenvalue weighted by atomic mass is 32.1. The monoisotopic (exact) mass is 391 g/mol. The molecule has 1 atom stereocenters. The fraction of sp³-hybridized carbons (Fsp3) is 0.762. The van der Waals surface area contributed by atoms with Crippen molar-refractivity contribution in [3.63, 3.8) is 0 Å². The second-order valence-corrected chi connectivity index (χ2v) is 8.94. The van der Waals surface area contributed by atoms with Crippen LogP contribution in [-0.4, -0.2) is 68.6 Å². The Bertz CT molecular complexity index is 545. The van der Waals surface area contributed by atoms with Crippen molar-refractivity contribution in [3.8, 4) is 0 Å². The minimum absolute atomic E-state index is 0.428. The Hall–Kier alpha value is -1.11. The van der Waals surface area contributed by atoms with E-state index in [0.717, 1.165) is 31.5 Å². The normalized spacial score (nSPS) is 21.5. The number of hydrogen-bond acceptors (Lipinski definition) is 4. The molecule has 0 aromatic carbocycles. The fourth-order valence-corrected chi connectivity index (χ4v) is 5.04. The van der Waals surface area contributed by atoms with Crippen molar-refractivity contribution in [2.45, 2.75) is 45.1 Å². The van der Waals surface area contributed by atoms with E-state index in [0.29, 0.717) is 6.04 Å². The van der Waals surface area contributed by atoms with Gasteiger partial charge < -0.3 is 15.5 Å². The average Bonchev–Trinajstić information content (AvgIpc) is 3.38. The summed E-state index contributed by atoms with van der Waals surface area (Å²) in [5.41, 5.74) is 0. The molecular formula is C21H37N5S. The van der Waals surface area contributed by atoms with Gasteiger partial charge in [0.25, 0.3) is 0 Å². The van der Waals surface area contributed by atoms with E-state index >= 15 is 0 Å². The number of thiophene rings is 1. The zero-order chi connectivity index (χ0) is 18.9. The molecule has 0 radical (unpaired) electrons. The van der Waals surface area contributed by atoms with Crippen LogP contribution in [0.5, 0.6) is 0 Å². The summed E-state index contributed by atoms with van der Waals surface area (Å²) in [6.45, 7) is 9.82. The molecule has 1 aromatic rings. The summed E-state index contributed by atoms with van der Waals surface area (Å²) in [7, 11) is 2.23. The maximum atomic E-state index is 4.96. The Labute approximate surface area is 169 Å². The van der Waals surface area contributed by atoms with E-state index < -0.39 is 0 Å². The van der Waals surface area contributed by atoms with Crippen LogP contribution < -0.4 is 10.6 Å². The summed E-state index contributed by atoms with van der Waals surface area (Å²) in [6, 6.07) is 4.86. The summed E-state index contributed by atoms with van der Waals surface area (Å²) < 4.78 is 0. The van der Waals surface area contributed by atoms with Crippen molar-refractivity contribution in [2.75, 3.05) is 52.9 Å². The molecular weight excluding hydrogens is 354 g/mol. The number of hydrogen-bond donors (Lipinski definition) is 2. The quantitative estimate of drug-likeness (QED) is 0.528. The van der Waals surface area contributed by atoms with Gasteiger partial charge in [0.15, 0.2) is 5.96 Å². The summed E-state index contributed by atoms with van der Waals surface area (Å²) in [5, 5.41) is 9.20. The predicted octanol–water partition coefficient (Wildman–Crippen LogP) is 3.17. The van der Waals surface area contributed by atoms with Crippen molar-refractivity contribution >= 4 is 17.3 Å². The van der Waals surface area contributed by atoms with Crippen LogP contribution in [0.15, 0.2) is 22.5 Å². The summed E-state index contributed by atoms with van der Waals surface area (Å²) >= 11 is 1.86. The fourth-order valence-electron chi connectivity index (χ4n) is 4.18. The first-order chi connectivity index (χ1) is 13.3. The van der Waals surface area contributed by atoms with E-state index in [1.807, 2.05) is 11.3 Å². The highest BCUT2D eigenvalue weighted by Crippen LogP contribution is 2.28. The van der Waals surface area contributed by atoms with Gasteiger partial charge in [0.1, 0.15) is 0 Å². The molecule has 1 unspecified atom stereocenters. The van der Waals surface area contributed by atoms with Crippen molar-refractivity contribution in [2.24, 2.45) is 10.9 Å². The number of rotatable bonds is 8. The first-order valence-electron chi connectivity index (χ1n) is 10.7. The maximum absolute atomic E-state index is 4.96. The lowest BCUT2D eigenvalue weighted by molar-refractivity contribution is 0.213. The van der Waals surface area contributed by atoms with Crippen molar-refractivity contribution in [1.82, 2.24) is 20.4 Å². The van der Waals surface area contributed by atoms with Gasteiger partial charge in [-0.05, 0) is 89.6 Å². The SMILES string of the molecule is CCNC(=NCC(c1cccs1)N1CCCC1)NCCC1CCN(C)CC1. The van der Waals surface area contributed by atoms with Gasteiger partial charge in [0.2, 0.25) is 0 Å². The molecule has 3 heterocycles. The molecule has 0 bridgehead atoms. The van der Waals surface area contributed by atoms with Gasteiger partial charge in [0.05, 0.1) is 12.6 Å². The smallest absolute Gasteiger partial charge is 0.191 e. The number of aliphatic imine (C=N–C) groups is 1. The number of likely N-dealkylation sites (tertiary alicyclic amines) is 2. The molecule has 2 aliphatic heterocycles. The Morgan fingerprint density at radius 2 is 2.00 bits per heavy atom. The lowest BCUT2D eigenvalue weighted by Crippen LogP contribution is -2.40. The Kier molecular flexibility index (Phi) is 8.42. The highest BCUT2D eigenvalue weighted by molar-refractivity contribution is 7.10. The lowest BCUT2D eigenvalue weighted by Gasteiger charge is -2.29. The average molecular weight is 392 g/mol. The van der Waals surface area contributed by atoms with E-state index in [1.165, 1.54) is 63.2 Å². The van der Waals surface area contributed by atoms with Gasteiger partial charge in [-0.1, -0.05) is 6.07 Å². The summed E-state index contributed by atoms with van der Waals surface area (Å²) in [5.74, 6) is 1.84. The minimum Gasteiger partial charge on any atom is -0.357 e. The van der Waals surface area contributed by atoms with Gasteiger partial charge >= 0.3 is 0 Å². The van der Waals surface area contributed by atoms with Crippen molar-refractivity contribution in [3.05, 3.63) is 22.4 Å². The molecule has 0 saturated carbocycles.